The van der Waals surface area contributed by atoms with Crippen molar-refractivity contribution in [2.75, 3.05) is 0 Å². The monoisotopic (exact) mass is 294 g/mol. The van der Waals surface area contributed by atoms with Gasteiger partial charge < -0.3 is 4.74 Å². The Balaban J connectivity index is 1.84. The minimum atomic E-state index is -2.61. The summed E-state index contributed by atoms with van der Waals surface area (Å²) in [7, 11) is 0. The molecule has 2 aliphatic rings. The van der Waals surface area contributed by atoms with E-state index in [1.165, 1.54) is 0 Å². The number of alkyl halides is 2. The fourth-order valence-corrected chi connectivity index (χ4v) is 3.02. The summed E-state index contributed by atoms with van der Waals surface area (Å²) in [5, 5.41) is 0. The Bertz CT molecular complexity index is 550. The van der Waals surface area contributed by atoms with E-state index >= 15 is 0 Å². The highest BCUT2D eigenvalue weighted by molar-refractivity contribution is 5.77. The fraction of sp³-hybridized carbons (Fsp3) is 0.588. The van der Waals surface area contributed by atoms with E-state index in [4.69, 9.17) is 4.74 Å². The van der Waals surface area contributed by atoms with Gasteiger partial charge in [0.25, 0.3) is 0 Å². The first-order chi connectivity index (χ1) is 9.94. The number of carbonyl (C=O) groups is 1. The van der Waals surface area contributed by atoms with Gasteiger partial charge in [-0.25, -0.2) is 8.78 Å². The van der Waals surface area contributed by atoms with E-state index in [1.807, 2.05) is 19.1 Å². The molecule has 0 N–H and O–H groups in total. The summed E-state index contributed by atoms with van der Waals surface area (Å²) < 4.78 is 32.8. The Morgan fingerprint density at radius 2 is 2.05 bits per heavy atom. The van der Waals surface area contributed by atoms with Crippen LogP contribution in [-0.4, -0.2) is 11.9 Å². The van der Waals surface area contributed by atoms with Crippen LogP contribution in [0, 0.1) is 12.8 Å². The maximum Gasteiger partial charge on any atom is 0.314 e. The lowest BCUT2D eigenvalue weighted by molar-refractivity contribution is -0.135. The van der Waals surface area contributed by atoms with Crippen molar-refractivity contribution in [2.24, 2.45) is 5.92 Å². The SMILES string of the molecule is Cc1ccc(C2CCCC(F)(F)C2)c(OC(=O)C2CC2)c1. The molecule has 114 valence electrons. The highest BCUT2D eigenvalue weighted by atomic mass is 19.3. The van der Waals surface area contributed by atoms with Gasteiger partial charge in [-0.15, -0.1) is 0 Å². The molecule has 0 aromatic heterocycles. The van der Waals surface area contributed by atoms with Gasteiger partial charge in [0.2, 0.25) is 5.92 Å². The summed E-state index contributed by atoms with van der Waals surface area (Å²) in [6.45, 7) is 1.91. The average molecular weight is 294 g/mol. The Morgan fingerprint density at radius 3 is 2.71 bits per heavy atom. The second-order valence-electron chi connectivity index (χ2n) is 6.39. The predicted octanol–water partition coefficient (Wildman–Crippen LogP) is 4.60. The molecule has 0 spiro atoms. The van der Waals surface area contributed by atoms with Gasteiger partial charge in [0.05, 0.1) is 5.92 Å². The molecular formula is C17H20F2O2. The van der Waals surface area contributed by atoms with E-state index in [0.29, 0.717) is 12.2 Å². The van der Waals surface area contributed by atoms with Crippen molar-refractivity contribution in [1.29, 1.82) is 0 Å². The minimum Gasteiger partial charge on any atom is -0.426 e. The molecule has 0 saturated heterocycles. The van der Waals surface area contributed by atoms with Gasteiger partial charge in [-0.2, -0.15) is 0 Å². The zero-order valence-electron chi connectivity index (χ0n) is 12.2. The summed E-state index contributed by atoms with van der Waals surface area (Å²) in [6.07, 6.45) is 2.81. The zero-order chi connectivity index (χ0) is 15.0. The number of rotatable bonds is 3. The molecule has 1 aromatic carbocycles. The summed E-state index contributed by atoms with van der Waals surface area (Å²) in [5.41, 5.74) is 1.73. The smallest absolute Gasteiger partial charge is 0.314 e. The number of esters is 1. The average Bonchev–Trinajstić information content (AvgIpc) is 3.21. The van der Waals surface area contributed by atoms with Crippen LogP contribution < -0.4 is 4.74 Å². The van der Waals surface area contributed by atoms with E-state index in [9.17, 15) is 13.6 Å². The third kappa shape index (κ3) is 3.42. The molecule has 0 aliphatic heterocycles. The molecule has 0 amide bonds. The highest BCUT2D eigenvalue weighted by Gasteiger charge is 2.38. The molecule has 3 rings (SSSR count). The van der Waals surface area contributed by atoms with Gasteiger partial charge >= 0.3 is 5.97 Å². The largest absolute Gasteiger partial charge is 0.426 e. The van der Waals surface area contributed by atoms with Crippen LogP contribution in [0.2, 0.25) is 0 Å². The van der Waals surface area contributed by atoms with Gasteiger partial charge in [0.15, 0.2) is 0 Å². The fourth-order valence-electron chi connectivity index (χ4n) is 3.02. The van der Waals surface area contributed by atoms with Crippen molar-refractivity contribution in [3.05, 3.63) is 29.3 Å². The van der Waals surface area contributed by atoms with Crippen LogP contribution in [0.4, 0.5) is 8.78 Å². The van der Waals surface area contributed by atoms with Crippen molar-refractivity contribution >= 4 is 5.97 Å². The Kier molecular flexibility index (Phi) is 3.72. The molecule has 0 radical (unpaired) electrons. The first-order valence-electron chi connectivity index (χ1n) is 7.65. The second-order valence-corrected chi connectivity index (χ2v) is 6.39. The van der Waals surface area contributed by atoms with Gasteiger partial charge in [-0.1, -0.05) is 12.1 Å². The lowest BCUT2D eigenvalue weighted by Gasteiger charge is -2.30. The zero-order valence-corrected chi connectivity index (χ0v) is 12.2. The first kappa shape index (κ1) is 14.5. The van der Waals surface area contributed by atoms with Gasteiger partial charge in [-0.3, -0.25) is 4.79 Å². The number of hydrogen-bond acceptors (Lipinski definition) is 2. The number of hydrogen-bond donors (Lipinski definition) is 0. The number of halogens is 2. The minimum absolute atomic E-state index is 0.00570. The maximum absolute atomic E-state index is 13.6. The molecule has 2 saturated carbocycles. The number of ether oxygens (including phenoxy) is 1. The van der Waals surface area contributed by atoms with E-state index in [0.717, 1.165) is 30.4 Å². The van der Waals surface area contributed by atoms with Crippen LogP contribution in [0.5, 0.6) is 5.75 Å². The number of carbonyl (C=O) groups excluding carboxylic acids is 1. The van der Waals surface area contributed by atoms with Crippen LogP contribution in [0.3, 0.4) is 0 Å². The van der Waals surface area contributed by atoms with Gasteiger partial charge in [-0.05, 0) is 55.7 Å². The van der Waals surface area contributed by atoms with Crippen LogP contribution in [-0.2, 0) is 4.79 Å². The Hall–Kier alpha value is -1.45. The molecule has 0 heterocycles. The van der Waals surface area contributed by atoms with Crippen LogP contribution in [0.25, 0.3) is 0 Å². The second kappa shape index (κ2) is 5.39. The maximum atomic E-state index is 13.6. The summed E-state index contributed by atoms with van der Waals surface area (Å²) >= 11 is 0. The van der Waals surface area contributed by atoms with Crippen LogP contribution in [0.15, 0.2) is 18.2 Å². The molecule has 2 fully saturated rings. The summed E-state index contributed by atoms with van der Waals surface area (Å²) in [5.74, 6) is -2.56. The Morgan fingerprint density at radius 1 is 1.29 bits per heavy atom. The molecule has 0 bridgehead atoms. The number of aryl methyl sites for hydroxylation is 1. The van der Waals surface area contributed by atoms with E-state index < -0.39 is 5.92 Å². The van der Waals surface area contributed by atoms with Crippen LogP contribution in [0.1, 0.15) is 55.6 Å². The summed E-state index contributed by atoms with van der Waals surface area (Å²) in [6, 6.07) is 5.54. The third-order valence-electron chi connectivity index (χ3n) is 4.37. The normalized spacial score (nSPS) is 24.6. The van der Waals surface area contributed by atoms with E-state index in [1.54, 1.807) is 6.07 Å². The van der Waals surface area contributed by atoms with Crippen molar-refractivity contribution in [1.82, 2.24) is 0 Å². The highest BCUT2D eigenvalue weighted by Crippen LogP contribution is 2.44. The van der Waals surface area contributed by atoms with Gasteiger partial charge in [0.1, 0.15) is 5.75 Å². The summed E-state index contributed by atoms with van der Waals surface area (Å²) in [4.78, 5) is 11.9. The first-order valence-corrected chi connectivity index (χ1v) is 7.65. The lowest BCUT2D eigenvalue weighted by atomic mass is 9.81. The van der Waals surface area contributed by atoms with Crippen LogP contribution >= 0.6 is 0 Å². The molecule has 1 atom stereocenters. The van der Waals surface area contributed by atoms with Crippen molar-refractivity contribution in [2.45, 2.75) is 57.3 Å². The third-order valence-corrected chi connectivity index (χ3v) is 4.37. The van der Waals surface area contributed by atoms with Crippen molar-refractivity contribution in [3.63, 3.8) is 0 Å². The molecule has 2 aliphatic carbocycles. The quantitative estimate of drug-likeness (QED) is 0.601. The molecule has 21 heavy (non-hydrogen) atoms. The number of benzene rings is 1. The lowest BCUT2D eigenvalue weighted by Crippen LogP contribution is -2.25. The van der Waals surface area contributed by atoms with E-state index in [2.05, 4.69) is 0 Å². The molecule has 2 nitrogen and oxygen atoms in total. The topological polar surface area (TPSA) is 26.3 Å². The predicted molar refractivity (Wildman–Crippen MR) is 75.7 cm³/mol. The molecule has 1 unspecified atom stereocenters. The molecule has 4 heteroatoms. The van der Waals surface area contributed by atoms with Crippen molar-refractivity contribution in [3.8, 4) is 5.75 Å². The Labute approximate surface area is 123 Å². The molecule has 1 aromatic rings. The van der Waals surface area contributed by atoms with Crippen molar-refractivity contribution < 1.29 is 18.3 Å². The van der Waals surface area contributed by atoms with Gasteiger partial charge in [0, 0.05) is 12.8 Å². The van der Waals surface area contributed by atoms with E-state index in [-0.39, 0.29) is 30.6 Å². The molecular weight excluding hydrogens is 274 g/mol. The standard InChI is InChI=1S/C17H20F2O2/c1-11-4-7-14(13-3-2-8-17(18,19)10-13)15(9-11)21-16(20)12-5-6-12/h4,7,9,12-13H,2-3,5-6,8,10H2,1H3.